The van der Waals surface area contributed by atoms with Crippen molar-refractivity contribution in [2.45, 2.75) is 45.8 Å². The smallest absolute Gasteiger partial charge is 0.337 e. The van der Waals surface area contributed by atoms with Gasteiger partial charge in [-0.05, 0) is 31.4 Å². The summed E-state index contributed by atoms with van der Waals surface area (Å²) in [6.45, 7) is 6.78. The molecule has 9 nitrogen and oxygen atoms in total. The molecule has 0 aliphatic carbocycles. The van der Waals surface area contributed by atoms with E-state index in [0.717, 1.165) is 0 Å². The quantitative estimate of drug-likeness (QED) is 0.608. The van der Waals surface area contributed by atoms with Gasteiger partial charge in [-0.1, -0.05) is 13.8 Å². The van der Waals surface area contributed by atoms with Crippen LogP contribution in [0.15, 0.2) is 29.3 Å². The molecular formula is C22H28F3N7O2. The highest BCUT2D eigenvalue weighted by molar-refractivity contribution is 5.95. The molecule has 1 saturated heterocycles. The second kappa shape index (κ2) is 9.24. The molecule has 1 fully saturated rings. The molecule has 1 N–H and O–H groups in total. The summed E-state index contributed by atoms with van der Waals surface area (Å²) in [6, 6.07) is 3.18. The van der Waals surface area contributed by atoms with Crippen LogP contribution in [0.4, 0.5) is 13.2 Å². The highest BCUT2D eigenvalue weighted by Crippen LogP contribution is 2.24. The fraction of sp³-hybridized carbons (Fsp3) is 0.545. The molecule has 2 unspecified atom stereocenters. The van der Waals surface area contributed by atoms with Crippen molar-refractivity contribution in [3.8, 4) is 5.95 Å². The number of amides is 1. The molecule has 1 amide bonds. The van der Waals surface area contributed by atoms with Gasteiger partial charge in [-0.3, -0.25) is 19.5 Å². The van der Waals surface area contributed by atoms with Crippen LogP contribution < -0.4 is 5.56 Å². The summed E-state index contributed by atoms with van der Waals surface area (Å²) in [5, 5.41) is 8.63. The van der Waals surface area contributed by atoms with Gasteiger partial charge in [0.1, 0.15) is 5.52 Å². The molecule has 1 aliphatic rings. The number of rotatable bonds is 5. The highest BCUT2D eigenvalue weighted by atomic mass is 19.4. The van der Waals surface area contributed by atoms with Crippen molar-refractivity contribution in [3.05, 3.63) is 46.1 Å². The maximum Gasteiger partial charge on any atom is 0.390 e. The predicted molar refractivity (Wildman–Crippen MR) is 119 cm³/mol. The lowest BCUT2D eigenvalue weighted by Crippen LogP contribution is -2.43. The number of carbonyl (C=O) groups is 1. The van der Waals surface area contributed by atoms with Crippen LogP contribution in [0.5, 0.6) is 0 Å². The number of H-pyrrole nitrogens is 1. The van der Waals surface area contributed by atoms with Gasteiger partial charge in [-0.25, -0.2) is 9.20 Å². The van der Waals surface area contributed by atoms with Crippen LogP contribution in [0, 0.1) is 12.8 Å². The normalized spacial score (nSPS) is 20.1. The third-order valence-electron chi connectivity index (χ3n) is 6.30. The molecule has 0 aromatic carbocycles. The van der Waals surface area contributed by atoms with Gasteiger partial charge in [0.2, 0.25) is 5.95 Å². The molecule has 0 spiro atoms. The number of nitrogens with zero attached hydrogens (tertiary/aromatic N) is 6. The van der Waals surface area contributed by atoms with E-state index in [1.165, 1.54) is 15.4 Å². The fourth-order valence-corrected chi connectivity index (χ4v) is 4.56. The molecule has 0 radical (unpaired) electrons. The third kappa shape index (κ3) is 4.86. The Hall–Kier alpha value is -3.15. The van der Waals surface area contributed by atoms with Gasteiger partial charge in [0.25, 0.3) is 11.5 Å². The van der Waals surface area contributed by atoms with Crippen LogP contribution in [-0.2, 0) is 0 Å². The predicted octanol–water partition coefficient (Wildman–Crippen LogP) is 2.64. The van der Waals surface area contributed by atoms with E-state index < -0.39 is 12.6 Å². The number of hydrogen-bond donors (Lipinski definition) is 1. The molecular weight excluding hydrogens is 451 g/mol. The summed E-state index contributed by atoms with van der Waals surface area (Å²) in [5.74, 6) is -0.0476. The van der Waals surface area contributed by atoms with E-state index in [0.29, 0.717) is 42.8 Å². The minimum Gasteiger partial charge on any atom is -0.337 e. The monoisotopic (exact) mass is 479 g/mol. The van der Waals surface area contributed by atoms with Gasteiger partial charge in [0.15, 0.2) is 0 Å². The van der Waals surface area contributed by atoms with Gasteiger partial charge < -0.3 is 4.90 Å². The van der Waals surface area contributed by atoms with Crippen molar-refractivity contribution >= 4 is 11.4 Å². The Bertz CT molecular complexity index is 1230. The lowest BCUT2D eigenvalue weighted by atomic mass is 10.1. The zero-order valence-corrected chi connectivity index (χ0v) is 19.3. The van der Waals surface area contributed by atoms with Crippen LogP contribution in [0.3, 0.4) is 0 Å². The molecule has 4 rings (SSSR count). The molecule has 3 aromatic rings. The van der Waals surface area contributed by atoms with Crippen LogP contribution in [0.25, 0.3) is 11.5 Å². The van der Waals surface area contributed by atoms with Crippen molar-refractivity contribution in [1.82, 2.24) is 34.2 Å². The maximum atomic E-state index is 13.5. The number of aromatic nitrogens is 5. The number of nitrogens with one attached hydrogen (secondary N) is 1. The summed E-state index contributed by atoms with van der Waals surface area (Å²) in [6.07, 6.45) is -1.36. The second-order valence-corrected chi connectivity index (χ2v) is 8.91. The van der Waals surface area contributed by atoms with E-state index in [1.807, 2.05) is 18.7 Å². The molecule has 0 saturated carbocycles. The summed E-state index contributed by atoms with van der Waals surface area (Å²) in [4.78, 5) is 32.0. The summed E-state index contributed by atoms with van der Waals surface area (Å²) in [5.41, 5.74) is 0.938. The average Bonchev–Trinajstić information content (AvgIpc) is 3.35. The number of hydrogen-bond acceptors (Lipinski definition) is 5. The number of halogens is 3. The SMILES string of the molecule is CCC1CN(C(=O)c2cnn(-c3nn4cccc4c(=O)[nH]3)c2C)CC(C)CN1CCC(F)(F)F. The minimum atomic E-state index is -4.21. The first-order chi connectivity index (χ1) is 16.1. The number of fused-ring (bicyclic) bond motifs is 1. The number of carbonyl (C=O) groups excluding carboxylic acids is 1. The number of alkyl halides is 3. The molecule has 1 aliphatic heterocycles. The molecule has 4 heterocycles. The summed E-state index contributed by atoms with van der Waals surface area (Å²) >= 11 is 0. The molecule has 34 heavy (non-hydrogen) atoms. The molecule has 2 atom stereocenters. The van der Waals surface area contributed by atoms with Gasteiger partial charge in [0, 0.05) is 38.4 Å². The van der Waals surface area contributed by atoms with E-state index in [9.17, 15) is 22.8 Å². The largest absolute Gasteiger partial charge is 0.390 e. The third-order valence-corrected chi connectivity index (χ3v) is 6.30. The zero-order chi connectivity index (χ0) is 24.6. The van der Waals surface area contributed by atoms with Crippen molar-refractivity contribution < 1.29 is 18.0 Å². The Morgan fingerprint density at radius 3 is 2.74 bits per heavy atom. The first-order valence-electron chi connectivity index (χ1n) is 11.3. The van der Waals surface area contributed by atoms with E-state index in [4.69, 9.17) is 0 Å². The standard InChI is InChI=1S/C22H28F3N7O2/c1-4-16-13-30(12-14(2)11-29(16)9-7-22(23,24)25)20(34)17-10-26-32(15(17)3)21-27-19(33)18-6-5-8-31(18)28-21/h5-6,8,10,14,16H,4,7,9,11-13H2,1-3H3,(H,27,28,33). The second-order valence-electron chi connectivity index (χ2n) is 8.91. The van der Waals surface area contributed by atoms with Crippen LogP contribution >= 0.6 is 0 Å². The van der Waals surface area contributed by atoms with Gasteiger partial charge >= 0.3 is 6.18 Å². The van der Waals surface area contributed by atoms with E-state index in [2.05, 4.69) is 15.2 Å². The minimum absolute atomic E-state index is 0.0123. The molecule has 3 aromatic heterocycles. The van der Waals surface area contributed by atoms with Crippen molar-refractivity contribution in [3.63, 3.8) is 0 Å². The van der Waals surface area contributed by atoms with E-state index >= 15 is 0 Å². The van der Waals surface area contributed by atoms with Crippen molar-refractivity contribution in [2.75, 3.05) is 26.2 Å². The van der Waals surface area contributed by atoms with Crippen LogP contribution in [0.1, 0.15) is 42.7 Å². The first-order valence-corrected chi connectivity index (χ1v) is 11.3. The fourth-order valence-electron chi connectivity index (χ4n) is 4.56. The average molecular weight is 480 g/mol. The van der Waals surface area contributed by atoms with Crippen molar-refractivity contribution in [1.29, 1.82) is 0 Å². The maximum absolute atomic E-state index is 13.5. The molecule has 184 valence electrons. The van der Waals surface area contributed by atoms with Gasteiger partial charge in [-0.2, -0.15) is 18.3 Å². The molecule has 12 heteroatoms. The lowest BCUT2D eigenvalue weighted by molar-refractivity contribution is -0.139. The lowest BCUT2D eigenvalue weighted by Gasteiger charge is -2.31. The first kappa shape index (κ1) is 24.0. The Morgan fingerprint density at radius 1 is 1.26 bits per heavy atom. The zero-order valence-electron chi connectivity index (χ0n) is 19.3. The Morgan fingerprint density at radius 2 is 2.03 bits per heavy atom. The summed E-state index contributed by atoms with van der Waals surface area (Å²) < 4.78 is 41.3. The Balaban J connectivity index is 1.57. The van der Waals surface area contributed by atoms with E-state index in [-0.39, 0.29) is 35.9 Å². The number of aromatic amines is 1. The molecule has 0 bridgehead atoms. The van der Waals surface area contributed by atoms with Crippen LogP contribution in [0.2, 0.25) is 0 Å². The highest BCUT2D eigenvalue weighted by Gasteiger charge is 2.34. The van der Waals surface area contributed by atoms with Gasteiger partial charge in [0.05, 0.1) is 23.9 Å². The van der Waals surface area contributed by atoms with Gasteiger partial charge in [-0.15, -0.1) is 5.10 Å². The Kier molecular flexibility index (Phi) is 6.52. The van der Waals surface area contributed by atoms with Crippen LogP contribution in [-0.4, -0.2) is 78.5 Å². The van der Waals surface area contributed by atoms with E-state index in [1.54, 1.807) is 30.2 Å². The van der Waals surface area contributed by atoms with Crippen molar-refractivity contribution in [2.24, 2.45) is 5.92 Å². The summed E-state index contributed by atoms with van der Waals surface area (Å²) in [7, 11) is 0. The Labute approximate surface area is 194 Å². The topological polar surface area (TPSA) is 91.5 Å².